The predicted molar refractivity (Wildman–Crippen MR) is 64.9 cm³/mol. The van der Waals surface area contributed by atoms with E-state index in [9.17, 15) is 4.79 Å². The first-order valence-corrected chi connectivity index (χ1v) is 5.97. The molecule has 1 N–H and O–H groups in total. The number of terminal acetylenes is 1. The van der Waals surface area contributed by atoms with E-state index in [1.54, 1.807) is 20.8 Å². The van der Waals surface area contributed by atoms with Gasteiger partial charge >= 0.3 is 6.16 Å². The zero-order valence-corrected chi connectivity index (χ0v) is 11.0. The Hall–Kier alpha value is -1.25. The molecule has 1 saturated heterocycles. The van der Waals surface area contributed by atoms with Crippen LogP contribution in [0, 0.1) is 12.3 Å². The summed E-state index contributed by atoms with van der Waals surface area (Å²) in [5.74, 6) is 2.23. The zero-order valence-electron chi connectivity index (χ0n) is 11.0. The monoisotopic (exact) mass is 256 g/mol. The summed E-state index contributed by atoms with van der Waals surface area (Å²) < 4.78 is 15.2. The molecule has 0 aliphatic carbocycles. The second-order valence-corrected chi connectivity index (χ2v) is 5.25. The molecular weight excluding hydrogens is 236 g/mol. The Morgan fingerprint density at radius 1 is 1.50 bits per heavy atom. The Morgan fingerprint density at radius 2 is 2.17 bits per heavy atom. The summed E-state index contributed by atoms with van der Waals surface area (Å²) in [5, 5.41) is 9.17. The number of aliphatic hydroxyl groups is 1. The average Bonchev–Trinajstić information content (AvgIpc) is 2.99. The maximum Gasteiger partial charge on any atom is 0.508 e. The molecule has 0 aromatic heterocycles. The number of ether oxygens (including phenoxy) is 3. The van der Waals surface area contributed by atoms with Crippen molar-refractivity contribution in [3.8, 4) is 12.3 Å². The van der Waals surface area contributed by atoms with Crippen molar-refractivity contribution in [2.45, 2.75) is 57.5 Å². The van der Waals surface area contributed by atoms with Gasteiger partial charge in [-0.1, -0.05) is 5.92 Å². The predicted octanol–water partition coefficient (Wildman–Crippen LogP) is 1.48. The number of hydrogen-bond donors (Lipinski definition) is 1. The molecule has 1 unspecified atom stereocenters. The molecule has 0 radical (unpaired) electrons. The fourth-order valence-electron chi connectivity index (χ4n) is 1.41. The summed E-state index contributed by atoms with van der Waals surface area (Å²) in [6.07, 6.45) is 4.67. The molecule has 102 valence electrons. The second-order valence-electron chi connectivity index (χ2n) is 5.25. The SMILES string of the molecule is C#CC(O)CC[C@@H]1O[C@H]1COC(=O)OC(C)(C)C. The van der Waals surface area contributed by atoms with Gasteiger partial charge in [0, 0.05) is 0 Å². The van der Waals surface area contributed by atoms with E-state index in [4.69, 9.17) is 25.7 Å². The number of carbonyl (C=O) groups is 1. The van der Waals surface area contributed by atoms with Gasteiger partial charge in [0.05, 0.1) is 6.10 Å². The molecule has 1 heterocycles. The maximum absolute atomic E-state index is 11.2. The van der Waals surface area contributed by atoms with Crippen LogP contribution in [0.2, 0.25) is 0 Å². The molecule has 0 bridgehead atoms. The number of aliphatic hydroxyl groups excluding tert-OH is 1. The lowest BCUT2D eigenvalue weighted by Gasteiger charge is -2.18. The largest absolute Gasteiger partial charge is 0.508 e. The first-order chi connectivity index (χ1) is 8.31. The number of rotatable bonds is 5. The molecule has 0 aromatic carbocycles. The van der Waals surface area contributed by atoms with Crippen molar-refractivity contribution >= 4 is 6.16 Å². The van der Waals surface area contributed by atoms with E-state index >= 15 is 0 Å². The fraction of sp³-hybridized carbons (Fsp3) is 0.769. The van der Waals surface area contributed by atoms with Crippen LogP contribution >= 0.6 is 0 Å². The Kier molecular flexibility index (Phi) is 5.00. The number of carbonyl (C=O) groups excluding carboxylic acids is 1. The normalized spacial score (nSPS) is 23.9. The Labute approximate surface area is 107 Å². The van der Waals surface area contributed by atoms with Crippen LogP contribution < -0.4 is 0 Å². The van der Waals surface area contributed by atoms with Crippen molar-refractivity contribution in [1.29, 1.82) is 0 Å². The molecular formula is C13H20O5. The Balaban J connectivity index is 2.09. The third kappa shape index (κ3) is 5.89. The highest BCUT2D eigenvalue weighted by Gasteiger charge is 2.39. The van der Waals surface area contributed by atoms with Crippen LogP contribution in [-0.4, -0.2) is 41.8 Å². The summed E-state index contributed by atoms with van der Waals surface area (Å²) in [7, 11) is 0. The van der Waals surface area contributed by atoms with Crippen molar-refractivity contribution in [2.24, 2.45) is 0 Å². The van der Waals surface area contributed by atoms with Crippen molar-refractivity contribution in [1.82, 2.24) is 0 Å². The summed E-state index contributed by atoms with van der Waals surface area (Å²) in [6.45, 7) is 5.48. The number of epoxide rings is 1. The minimum absolute atomic E-state index is 0.00966. The quantitative estimate of drug-likeness (QED) is 0.458. The van der Waals surface area contributed by atoms with Gasteiger partial charge < -0.3 is 19.3 Å². The van der Waals surface area contributed by atoms with Crippen LogP contribution in [0.1, 0.15) is 33.6 Å². The molecule has 1 aliphatic heterocycles. The first kappa shape index (κ1) is 14.8. The molecule has 1 rings (SSSR count). The third-order valence-electron chi connectivity index (χ3n) is 2.36. The molecule has 18 heavy (non-hydrogen) atoms. The van der Waals surface area contributed by atoms with E-state index in [1.165, 1.54) is 0 Å². The van der Waals surface area contributed by atoms with Gasteiger partial charge in [0.25, 0.3) is 0 Å². The molecule has 0 saturated carbocycles. The maximum atomic E-state index is 11.2. The van der Waals surface area contributed by atoms with Crippen molar-refractivity contribution in [2.75, 3.05) is 6.61 Å². The lowest BCUT2D eigenvalue weighted by atomic mass is 10.1. The molecule has 0 spiro atoms. The lowest BCUT2D eigenvalue weighted by Crippen LogP contribution is -2.25. The highest BCUT2D eigenvalue weighted by molar-refractivity contribution is 5.60. The molecule has 0 amide bonds. The average molecular weight is 256 g/mol. The highest BCUT2D eigenvalue weighted by Crippen LogP contribution is 2.27. The summed E-state index contributed by atoms with van der Waals surface area (Å²) in [5.41, 5.74) is -0.558. The second kappa shape index (κ2) is 6.07. The number of hydrogen-bond acceptors (Lipinski definition) is 5. The van der Waals surface area contributed by atoms with Gasteiger partial charge in [-0.05, 0) is 33.6 Å². The Morgan fingerprint density at radius 3 is 2.72 bits per heavy atom. The van der Waals surface area contributed by atoms with Gasteiger partial charge in [-0.3, -0.25) is 0 Å². The first-order valence-electron chi connectivity index (χ1n) is 5.97. The van der Waals surface area contributed by atoms with Crippen LogP contribution in [0.25, 0.3) is 0 Å². The van der Waals surface area contributed by atoms with E-state index in [0.29, 0.717) is 12.8 Å². The summed E-state index contributed by atoms with van der Waals surface area (Å²) in [6, 6.07) is 0. The van der Waals surface area contributed by atoms with Crippen LogP contribution in [0.3, 0.4) is 0 Å². The van der Waals surface area contributed by atoms with Gasteiger partial charge in [-0.25, -0.2) is 4.79 Å². The van der Waals surface area contributed by atoms with Crippen LogP contribution in [0.5, 0.6) is 0 Å². The van der Waals surface area contributed by atoms with Gasteiger partial charge in [-0.2, -0.15) is 0 Å². The molecule has 1 aliphatic rings. The van der Waals surface area contributed by atoms with E-state index in [-0.39, 0.29) is 18.8 Å². The summed E-state index contributed by atoms with van der Waals surface area (Å²) in [4.78, 5) is 11.2. The fourth-order valence-corrected chi connectivity index (χ4v) is 1.41. The molecule has 1 fully saturated rings. The Bertz CT molecular complexity index is 325. The lowest BCUT2D eigenvalue weighted by molar-refractivity contribution is -0.00948. The molecule has 5 heteroatoms. The minimum atomic E-state index is -0.735. The molecule has 0 aromatic rings. The van der Waals surface area contributed by atoms with E-state index in [2.05, 4.69) is 5.92 Å². The van der Waals surface area contributed by atoms with Gasteiger partial charge in [-0.15, -0.1) is 6.42 Å². The topological polar surface area (TPSA) is 68.3 Å². The van der Waals surface area contributed by atoms with Crippen molar-refractivity contribution in [3.63, 3.8) is 0 Å². The van der Waals surface area contributed by atoms with Gasteiger partial charge in [0.2, 0.25) is 0 Å². The minimum Gasteiger partial charge on any atom is -0.431 e. The zero-order chi connectivity index (χ0) is 13.8. The standard InChI is InChI=1S/C13H20O5/c1-5-9(14)6-7-10-11(17-10)8-16-12(15)18-13(2,3)4/h1,9-11,14H,6-8H2,2-4H3/t9?,10-,11-/m0/s1. The van der Waals surface area contributed by atoms with Crippen LogP contribution in [0.4, 0.5) is 4.79 Å². The van der Waals surface area contributed by atoms with E-state index in [1.807, 2.05) is 0 Å². The van der Waals surface area contributed by atoms with E-state index in [0.717, 1.165) is 0 Å². The van der Waals surface area contributed by atoms with E-state index < -0.39 is 17.9 Å². The summed E-state index contributed by atoms with van der Waals surface area (Å²) >= 11 is 0. The van der Waals surface area contributed by atoms with Gasteiger partial charge in [0.15, 0.2) is 0 Å². The van der Waals surface area contributed by atoms with Crippen LogP contribution in [0.15, 0.2) is 0 Å². The van der Waals surface area contributed by atoms with Crippen molar-refractivity contribution in [3.05, 3.63) is 0 Å². The van der Waals surface area contributed by atoms with Gasteiger partial charge in [0.1, 0.15) is 24.4 Å². The smallest absolute Gasteiger partial charge is 0.431 e. The highest BCUT2D eigenvalue weighted by atomic mass is 16.7. The third-order valence-corrected chi connectivity index (χ3v) is 2.36. The van der Waals surface area contributed by atoms with Crippen molar-refractivity contribution < 1.29 is 24.1 Å². The van der Waals surface area contributed by atoms with Crippen LogP contribution in [-0.2, 0) is 14.2 Å². The molecule has 5 nitrogen and oxygen atoms in total. The molecule has 3 atom stereocenters.